The number of aryl methyl sites for hydroxylation is 1. The molecule has 1 aliphatic rings. The van der Waals surface area contributed by atoms with E-state index in [0.717, 1.165) is 31.1 Å². The minimum atomic E-state index is 0.348. The van der Waals surface area contributed by atoms with Crippen LogP contribution in [0.4, 0.5) is 0 Å². The van der Waals surface area contributed by atoms with Gasteiger partial charge in [0.25, 0.3) is 0 Å². The number of nitrogens with zero attached hydrogens (tertiary/aromatic N) is 2. The summed E-state index contributed by atoms with van der Waals surface area (Å²) in [5.74, 6) is 8.36. The van der Waals surface area contributed by atoms with E-state index < -0.39 is 0 Å². The molecule has 17 heavy (non-hydrogen) atoms. The zero-order valence-electron chi connectivity index (χ0n) is 10.9. The van der Waals surface area contributed by atoms with Gasteiger partial charge in [0.15, 0.2) is 0 Å². The average molecular weight is 236 g/mol. The predicted molar refractivity (Wildman–Crippen MR) is 69.2 cm³/mol. The van der Waals surface area contributed by atoms with Crippen LogP contribution >= 0.6 is 0 Å². The Kier molecular flexibility index (Phi) is 4.18. The quantitative estimate of drug-likeness (QED) is 0.560. The second-order valence-electron chi connectivity index (χ2n) is 5.21. The lowest BCUT2D eigenvalue weighted by molar-refractivity contribution is 0.336. The summed E-state index contributed by atoms with van der Waals surface area (Å²) in [6.45, 7) is 5.54. The summed E-state index contributed by atoms with van der Waals surface area (Å²) in [5, 5.41) is 0. The Bertz CT molecular complexity index is 343. The van der Waals surface area contributed by atoms with E-state index in [1.165, 1.54) is 12.8 Å². The summed E-state index contributed by atoms with van der Waals surface area (Å²) in [5.41, 5.74) is 2.98. The Morgan fingerprint density at radius 1 is 1.59 bits per heavy atom. The summed E-state index contributed by atoms with van der Waals surface area (Å²) in [7, 11) is 0. The highest BCUT2D eigenvalue weighted by molar-refractivity contribution is 4.98. The molecule has 1 saturated carbocycles. The summed E-state index contributed by atoms with van der Waals surface area (Å²) in [4.78, 5) is 4.45. The number of hydrazine groups is 1. The molecule has 0 amide bonds. The first-order valence-electron chi connectivity index (χ1n) is 6.72. The number of imidazole rings is 1. The van der Waals surface area contributed by atoms with Crippen molar-refractivity contribution in [2.45, 2.75) is 52.1 Å². The van der Waals surface area contributed by atoms with Gasteiger partial charge in [-0.05, 0) is 31.1 Å². The van der Waals surface area contributed by atoms with Gasteiger partial charge >= 0.3 is 0 Å². The normalized spacial score (nSPS) is 19.2. The van der Waals surface area contributed by atoms with Gasteiger partial charge in [-0.3, -0.25) is 11.3 Å². The summed E-state index contributed by atoms with van der Waals surface area (Å²) < 4.78 is 2.24. The smallest absolute Gasteiger partial charge is 0.110 e. The van der Waals surface area contributed by atoms with Crippen LogP contribution < -0.4 is 11.3 Å². The van der Waals surface area contributed by atoms with Gasteiger partial charge < -0.3 is 4.57 Å². The van der Waals surface area contributed by atoms with E-state index in [0.29, 0.717) is 12.0 Å². The SMILES string of the molecule is CCCn1ccnc1CC(NN)C(C)C1CC1. The van der Waals surface area contributed by atoms with Gasteiger partial charge in [-0.1, -0.05) is 13.8 Å². The standard InChI is InChI=1S/C13H24N4/c1-3-7-17-8-6-15-13(17)9-12(16-14)10(2)11-4-5-11/h6,8,10-12,16H,3-5,7,9,14H2,1-2H3. The van der Waals surface area contributed by atoms with E-state index >= 15 is 0 Å². The molecule has 1 fully saturated rings. The Balaban J connectivity index is 1.98. The molecule has 96 valence electrons. The van der Waals surface area contributed by atoms with Crippen molar-refractivity contribution in [2.75, 3.05) is 0 Å². The minimum absolute atomic E-state index is 0.348. The molecule has 2 rings (SSSR count). The zero-order valence-corrected chi connectivity index (χ0v) is 10.9. The third-order valence-electron chi connectivity index (χ3n) is 3.88. The van der Waals surface area contributed by atoms with Crippen LogP contribution in [-0.2, 0) is 13.0 Å². The van der Waals surface area contributed by atoms with Crippen LogP contribution in [0.2, 0.25) is 0 Å². The fraction of sp³-hybridized carbons (Fsp3) is 0.769. The summed E-state index contributed by atoms with van der Waals surface area (Å²) in [6, 6.07) is 0.348. The van der Waals surface area contributed by atoms with Crippen LogP contribution in [0.25, 0.3) is 0 Å². The largest absolute Gasteiger partial charge is 0.335 e. The molecule has 0 aliphatic heterocycles. The number of hydrogen-bond donors (Lipinski definition) is 2. The first kappa shape index (κ1) is 12.6. The second kappa shape index (κ2) is 5.65. The minimum Gasteiger partial charge on any atom is -0.335 e. The van der Waals surface area contributed by atoms with Crippen molar-refractivity contribution in [1.82, 2.24) is 15.0 Å². The van der Waals surface area contributed by atoms with Crippen molar-refractivity contribution in [1.29, 1.82) is 0 Å². The van der Waals surface area contributed by atoms with Crippen LogP contribution in [0, 0.1) is 11.8 Å². The first-order valence-corrected chi connectivity index (χ1v) is 6.72. The molecule has 0 bridgehead atoms. The summed E-state index contributed by atoms with van der Waals surface area (Å²) in [6.07, 6.45) is 8.75. The van der Waals surface area contributed by atoms with Crippen LogP contribution in [-0.4, -0.2) is 15.6 Å². The van der Waals surface area contributed by atoms with Gasteiger partial charge in [0.2, 0.25) is 0 Å². The van der Waals surface area contributed by atoms with Gasteiger partial charge in [-0.25, -0.2) is 4.98 Å². The van der Waals surface area contributed by atoms with Crippen molar-refractivity contribution < 1.29 is 0 Å². The maximum atomic E-state index is 5.69. The topological polar surface area (TPSA) is 55.9 Å². The number of aromatic nitrogens is 2. The van der Waals surface area contributed by atoms with E-state index in [-0.39, 0.29) is 0 Å². The van der Waals surface area contributed by atoms with E-state index in [1.807, 2.05) is 6.20 Å². The molecule has 1 aromatic rings. The van der Waals surface area contributed by atoms with Gasteiger partial charge in [-0.15, -0.1) is 0 Å². The van der Waals surface area contributed by atoms with Crippen molar-refractivity contribution in [3.8, 4) is 0 Å². The number of nitrogens with two attached hydrogens (primary N) is 1. The molecule has 1 aliphatic carbocycles. The van der Waals surface area contributed by atoms with E-state index in [4.69, 9.17) is 5.84 Å². The highest BCUT2D eigenvalue weighted by Gasteiger charge is 2.33. The summed E-state index contributed by atoms with van der Waals surface area (Å²) >= 11 is 0. The zero-order chi connectivity index (χ0) is 12.3. The Morgan fingerprint density at radius 2 is 2.35 bits per heavy atom. The molecule has 0 radical (unpaired) electrons. The fourth-order valence-electron chi connectivity index (χ4n) is 2.52. The maximum Gasteiger partial charge on any atom is 0.110 e. The molecular weight excluding hydrogens is 212 g/mol. The highest BCUT2D eigenvalue weighted by atomic mass is 15.2. The Labute approximate surface area is 104 Å². The lowest BCUT2D eigenvalue weighted by Crippen LogP contribution is -2.42. The molecule has 2 unspecified atom stereocenters. The number of nitrogens with one attached hydrogen (secondary N) is 1. The van der Waals surface area contributed by atoms with E-state index in [9.17, 15) is 0 Å². The van der Waals surface area contributed by atoms with Crippen molar-refractivity contribution in [2.24, 2.45) is 17.7 Å². The Hall–Kier alpha value is -0.870. The molecule has 3 N–H and O–H groups in total. The second-order valence-corrected chi connectivity index (χ2v) is 5.21. The molecule has 1 heterocycles. The third-order valence-corrected chi connectivity index (χ3v) is 3.88. The Morgan fingerprint density at radius 3 is 2.94 bits per heavy atom. The molecule has 4 heteroatoms. The van der Waals surface area contributed by atoms with Crippen molar-refractivity contribution in [3.63, 3.8) is 0 Å². The van der Waals surface area contributed by atoms with E-state index in [2.05, 4.69) is 35.0 Å². The van der Waals surface area contributed by atoms with E-state index in [1.54, 1.807) is 0 Å². The van der Waals surface area contributed by atoms with Crippen LogP contribution in [0.3, 0.4) is 0 Å². The lowest BCUT2D eigenvalue weighted by atomic mass is 9.94. The molecule has 2 atom stereocenters. The predicted octanol–water partition coefficient (Wildman–Crippen LogP) is 1.71. The van der Waals surface area contributed by atoms with Crippen LogP contribution in [0.1, 0.15) is 38.9 Å². The molecule has 1 aromatic heterocycles. The van der Waals surface area contributed by atoms with Crippen LogP contribution in [0.15, 0.2) is 12.4 Å². The number of rotatable bonds is 7. The maximum absolute atomic E-state index is 5.69. The molecule has 0 aromatic carbocycles. The average Bonchev–Trinajstić information content (AvgIpc) is 3.09. The molecule has 4 nitrogen and oxygen atoms in total. The van der Waals surface area contributed by atoms with Crippen molar-refractivity contribution in [3.05, 3.63) is 18.2 Å². The fourth-order valence-corrected chi connectivity index (χ4v) is 2.52. The molecular formula is C13H24N4. The van der Waals surface area contributed by atoms with Gasteiger partial charge in [0.1, 0.15) is 5.82 Å². The van der Waals surface area contributed by atoms with Crippen LogP contribution in [0.5, 0.6) is 0 Å². The first-order chi connectivity index (χ1) is 8.26. The van der Waals surface area contributed by atoms with Gasteiger partial charge in [0, 0.05) is 31.4 Å². The molecule has 0 spiro atoms. The van der Waals surface area contributed by atoms with Gasteiger partial charge in [0.05, 0.1) is 0 Å². The highest BCUT2D eigenvalue weighted by Crippen LogP contribution is 2.38. The van der Waals surface area contributed by atoms with Gasteiger partial charge in [-0.2, -0.15) is 0 Å². The van der Waals surface area contributed by atoms with Crippen molar-refractivity contribution >= 4 is 0 Å². The lowest BCUT2D eigenvalue weighted by Gasteiger charge is -2.23. The molecule has 0 saturated heterocycles. The monoisotopic (exact) mass is 236 g/mol. The third kappa shape index (κ3) is 3.07. The number of hydrogen-bond acceptors (Lipinski definition) is 3.